The molecule has 0 atom stereocenters. The second kappa shape index (κ2) is 7.97. The number of oxazole rings is 1. The number of nitrogens with two attached hydrogens (primary N) is 1. The minimum Gasteiger partial charge on any atom is -0.497 e. The molecule has 0 fully saturated rings. The van der Waals surface area contributed by atoms with Crippen molar-refractivity contribution in [1.29, 1.82) is 0 Å². The van der Waals surface area contributed by atoms with Gasteiger partial charge in [-0.15, -0.1) is 0 Å². The number of methoxy groups -OCH3 is 1. The van der Waals surface area contributed by atoms with Crippen molar-refractivity contribution in [1.82, 2.24) is 4.98 Å². The smallest absolute Gasteiger partial charge is 0.313 e. The van der Waals surface area contributed by atoms with Crippen molar-refractivity contribution < 1.29 is 22.7 Å². The molecule has 2 aromatic carbocycles. The van der Waals surface area contributed by atoms with Crippen molar-refractivity contribution in [2.24, 2.45) is 5.73 Å². The minimum atomic E-state index is -2.80. The first-order chi connectivity index (χ1) is 12.6. The number of halogens is 2. The number of hydrogen-bond donors (Lipinski definition) is 1. The lowest BCUT2D eigenvalue weighted by Crippen LogP contribution is -2.10. The number of alkyl halides is 2. The Bertz CT molecular complexity index is 846. The molecule has 7 heteroatoms. The Balaban J connectivity index is 1.99. The van der Waals surface area contributed by atoms with Gasteiger partial charge in [0.25, 0.3) is 5.89 Å². The molecular formula is C19H18F2N2O3. The molecule has 3 rings (SSSR count). The maximum Gasteiger partial charge on any atom is 0.313 e. The van der Waals surface area contributed by atoms with E-state index in [0.717, 1.165) is 0 Å². The predicted molar refractivity (Wildman–Crippen MR) is 93.4 cm³/mol. The first-order valence-electron chi connectivity index (χ1n) is 7.99. The third kappa shape index (κ3) is 3.83. The van der Waals surface area contributed by atoms with Crippen LogP contribution in [-0.4, -0.2) is 25.2 Å². The van der Waals surface area contributed by atoms with Crippen molar-refractivity contribution >= 4 is 0 Å². The SMILES string of the molecule is COc1ccc(-c2oc(C(F)F)nc2-c2ccc(OCCN)cc2)cc1. The standard InChI is InChI=1S/C19H18F2N2O3/c1-24-14-6-4-13(5-7-14)17-16(23-19(26-17)18(20)21)12-2-8-15(9-3-12)25-11-10-22/h2-9,18H,10-11,22H2,1H3. The monoisotopic (exact) mass is 360 g/mol. The van der Waals surface area contributed by atoms with E-state index in [4.69, 9.17) is 19.6 Å². The Labute approximate surface area is 149 Å². The molecule has 0 aliphatic heterocycles. The van der Waals surface area contributed by atoms with Crippen molar-refractivity contribution in [2.45, 2.75) is 6.43 Å². The minimum absolute atomic E-state index is 0.276. The quantitative estimate of drug-likeness (QED) is 0.680. The number of aromatic nitrogens is 1. The van der Waals surface area contributed by atoms with Crippen molar-refractivity contribution in [3.63, 3.8) is 0 Å². The van der Waals surface area contributed by atoms with E-state index in [1.165, 1.54) is 0 Å². The van der Waals surface area contributed by atoms with Crippen LogP contribution in [-0.2, 0) is 0 Å². The van der Waals surface area contributed by atoms with Gasteiger partial charge >= 0.3 is 6.43 Å². The molecular weight excluding hydrogens is 342 g/mol. The van der Waals surface area contributed by atoms with E-state index in [9.17, 15) is 8.78 Å². The third-order valence-electron chi connectivity index (χ3n) is 3.70. The lowest BCUT2D eigenvalue weighted by atomic mass is 10.1. The van der Waals surface area contributed by atoms with Gasteiger partial charge in [0.2, 0.25) is 0 Å². The number of ether oxygens (including phenoxy) is 2. The summed E-state index contributed by atoms with van der Waals surface area (Å²) in [6.45, 7) is 0.806. The summed E-state index contributed by atoms with van der Waals surface area (Å²) in [5.74, 6) is 0.959. The molecule has 1 aromatic heterocycles. The van der Waals surface area contributed by atoms with Crippen LogP contribution in [0.25, 0.3) is 22.6 Å². The molecule has 0 bridgehead atoms. The van der Waals surface area contributed by atoms with E-state index in [1.54, 1.807) is 55.6 Å². The number of benzene rings is 2. The number of nitrogens with zero attached hydrogens (tertiary/aromatic N) is 1. The summed E-state index contributed by atoms with van der Waals surface area (Å²) in [5, 5.41) is 0. The van der Waals surface area contributed by atoms with Crippen LogP contribution in [0.1, 0.15) is 12.3 Å². The molecule has 0 amide bonds. The Morgan fingerprint density at radius 2 is 1.62 bits per heavy atom. The summed E-state index contributed by atoms with van der Waals surface area (Å²) < 4.78 is 42.1. The van der Waals surface area contributed by atoms with Crippen LogP contribution in [0.2, 0.25) is 0 Å². The van der Waals surface area contributed by atoms with Gasteiger partial charge in [-0.25, -0.2) is 4.98 Å². The fraction of sp³-hybridized carbons (Fsp3) is 0.211. The molecule has 0 aliphatic rings. The van der Waals surface area contributed by atoms with Gasteiger partial charge in [-0.05, 0) is 48.5 Å². The molecule has 0 radical (unpaired) electrons. The van der Waals surface area contributed by atoms with Crippen LogP contribution < -0.4 is 15.2 Å². The second-order valence-corrected chi connectivity index (χ2v) is 5.42. The predicted octanol–water partition coefficient (Wildman–Crippen LogP) is 4.29. The summed E-state index contributed by atoms with van der Waals surface area (Å²) in [6, 6.07) is 13.9. The van der Waals surface area contributed by atoms with E-state index >= 15 is 0 Å². The van der Waals surface area contributed by atoms with Crippen LogP contribution in [0.3, 0.4) is 0 Å². The average molecular weight is 360 g/mol. The molecule has 5 nitrogen and oxygen atoms in total. The first-order valence-corrected chi connectivity index (χ1v) is 7.99. The molecule has 3 aromatic rings. The Kier molecular flexibility index (Phi) is 5.48. The van der Waals surface area contributed by atoms with Gasteiger partial charge in [0.15, 0.2) is 5.76 Å². The lowest BCUT2D eigenvalue weighted by molar-refractivity contribution is 0.116. The summed E-state index contributed by atoms with van der Waals surface area (Å²) in [5.41, 5.74) is 7.02. The van der Waals surface area contributed by atoms with Gasteiger partial charge in [-0.2, -0.15) is 8.78 Å². The molecule has 2 N–H and O–H groups in total. The van der Waals surface area contributed by atoms with E-state index in [-0.39, 0.29) is 5.76 Å². The lowest BCUT2D eigenvalue weighted by Gasteiger charge is -2.06. The van der Waals surface area contributed by atoms with Crippen LogP contribution in [0.4, 0.5) is 8.78 Å². The molecule has 26 heavy (non-hydrogen) atoms. The van der Waals surface area contributed by atoms with Gasteiger partial charge in [0.05, 0.1) is 7.11 Å². The van der Waals surface area contributed by atoms with Crippen molar-refractivity contribution in [3.8, 4) is 34.1 Å². The largest absolute Gasteiger partial charge is 0.497 e. The summed E-state index contributed by atoms with van der Waals surface area (Å²) >= 11 is 0. The van der Waals surface area contributed by atoms with Crippen LogP contribution in [0.5, 0.6) is 11.5 Å². The Hall–Kier alpha value is -2.93. The highest BCUT2D eigenvalue weighted by Gasteiger charge is 2.22. The number of hydrogen-bond acceptors (Lipinski definition) is 5. The van der Waals surface area contributed by atoms with E-state index in [1.807, 2.05) is 0 Å². The van der Waals surface area contributed by atoms with Gasteiger partial charge < -0.3 is 19.6 Å². The summed E-state index contributed by atoms with van der Waals surface area (Å²) in [7, 11) is 1.55. The molecule has 0 saturated heterocycles. The van der Waals surface area contributed by atoms with Crippen LogP contribution in [0, 0.1) is 0 Å². The molecule has 1 heterocycles. The molecule has 0 spiro atoms. The summed E-state index contributed by atoms with van der Waals surface area (Å²) in [4.78, 5) is 3.98. The van der Waals surface area contributed by atoms with Crippen LogP contribution in [0.15, 0.2) is 52.9 Å². The number of rotatable bonds is 7. The van der Waals surface area contributed by atoms with Crippen molar-refractivity contribution in [3.05, 3.63) is 54.4 Å². The Morgan fingerprint density at radius 3 is 2.19 bits per heavy atom. The van der Waals surface area contributed by atoms with Crippen LogP contribution >= 0.6 is 0 Å². The topological polar surface area (TPSA) is 70.5 Å². The van der Waals surface area contributed by atoms with E-state index in [0.29, 0.717) is 41.5 Å². The molecule has 136 valence electrons. The highest BCUT2D eigenvalue weighted by atomic mass is 19.3. The van der Waals surface area contributed by atoms with E-state index < -0.39 is 12.3 Å². The molecule has 0 aliphatic carbocycles. The van der Waals surface area contributed by atoms with Gasteiger partial charge in [-0.1, -0.05) is 0 Å². The third-order valence-corrected chi connectivity index (χ3v) is 3.70. The highest BCUT2D eigenvalue weighted by Crippen LogP contribution is 2.36. The maximum absolute atomic E-state index is 13.1. The molecule has 0 unspecified atom stereocenters. The van der Waals surface area contributed by atoms with Gasteiger partial charge in [0, 0.05) is 17.7 Å². The zero-order valence-corrected chi connectivity index (χ0v) is 14.1. The summed E-state index contributed by atoms with van der Waals surface area (Å²) in [6.07, 6.45) is -2.80. The van der Waals surface area contributed by atoms with Gasteiger partial charge in [0.1, 0.15) is 23.8 Å². The maximum atomic E-state index is 13.1. The molecule has 0 saturated carbocycles. The fourth-order valence-electron chi connectivity index (χ4n) is 2.45. The highest BCUT2D eigenvalue weighted by molar-refractivity contribution is 5.77. The zero-order chi connectivity index (χ0) is 18.5. The zero-order valence-electron chi connectivity index (χ0n) is 14.1. The second-order valence-electron chi connectivity index (χ2n) is 5.42. The van der Waals surface area contributed by atoms with Crippen molar-refractivity contribution in [2.75, 3.05) is 20.3 Å². The normalized spacial score (nSPS) is 11.0. The fourth-order valence-corrected chi connectivity index (χ4v) is 2.45. The van der Waals surface area contributed by atoms with Gasteiger partial charge in [-0.3, -0.25) is 0 Å². The Morgan fingerprint density at radius 1 is 1.00 bits per heavy atom. The average Bonchev–Trinajstić information content (AvgIpc) is 3.12. The first kappa shape index (κ1) is 17.9. The van der Waals surface area contributed by atoms with E-state index in [2.05, 4.69) is 4.98 Å².